The van der Waals surface area contributed by atoms with Crippen LogP contribution in [0.3, 0.4) is 0 Å². The monoisotopic (exact) mass is 293 g/mol. The minimum Gasteiger partial charge on any atom is -0.497 e. The summed E-state index contributed by atoms with van der Waals surface area (Å²) in [4.78, 5) is 13.1. The van der Waals surface area contributed by atoms with E-state index in [4.69, 9.17) is 13.3 Å². The van der Waals surface area contributed by atoms with Crippen LogP contribution in [0.15, 0.2) is 47.3 Å². The summed E-state index contributed by atoms with van der Waals surface area (Å²) in [5.74, 6) is 1.38. The highest BCUT2D eigenvalue weighted by atomic mass is 32.2. The maximum absolute atomic E-state index is 11.8. The Morgan fingerprint density at radius 2 is 2.05 bits per heavy atom. The van der Waals surface area contributed by atoms with Gasteiger partial charge in [-0.05, 0) is 17.7 Å². The fourth-order valence-corrected chi connectivity index (χ4v) is 2.08. The van der Waals surface area contributed by atoms with Gasteiger partial charge in [0.15, 0.2) is 0 Å². The Morgan fingerprint density at radius 3 is 2.65 bits per heavy atom. The number of carbonyl (C=O) groups excluding carboxylic acids is 1. The Kier molecular flexibility index (Phi) is 4.95. The van der Waals surface area contributed by atoms with E-state index in [0.29, 0.717) is 11.4 Å². The first-order valence-corrected chi connectivity index (χ1v) is 6.84. The van der Waals surface area contributed by atoms with Gasteiger partial charge in [-0.25, -0.2) is 4.79 Å². The molecule has 0 aliphatic carbocycles. The van der Waals surface area contributed by atoms with Crippen molar-refractivity contribution < 1.29 is 18.1 Å². The average Bonchev–Trinajstić information content (AvgIpc) is 3.01. The summed E-state index contributed by atoms with van der Waals surface area (Å²) in [7, 11) is 3.25. The normalized spacial score (nSPS) is 10.1. The molecule has 0 N–H and O–H groups in total. The van der Waals surface area contributed by atoms with Crippen molar-refractivity contribution in [1.29, 1.82) is 0 Å². The van der Waals surface area contributed by atoms with Gasteiger partial charge in [0.25, 0.3) is 0 Å². The lowest BCUT2D eigenvalue weighted by molar-refractivity contribution is 0.216. The number of amides is 1. The molecule has 0 saturated carbocycles. The maximum Gasteiger partial charge on any atom is 0.426 e. The van der Waals surface area contributed by atoms with Crippen LogP contribution in [0.25, 0.3) is 0 Å². The standard InChI is InChI=1S/C14H15NO4S/c1-15(12-7-8-18-9-12)14(16)19-20-10-11-3-5-13(17-2)6-4-11/h3-9H,10H2,1-2H3. The Labute approximate surface area is 121 Å². The van der Waals surface area contributed by atoms with Crippen molar-refractivity contribution in [3.8, 4) is 5.75 Å². The summed E-state index contributed by atoms with van der Waals surface area (Å²) in [5.41, 5.74) is 1.70. The summed E-state index contributed by atoms with van der Waals surface area (Å²) >= 11 is 1.09. The number of furan rings is 1. The molecule has 1 heterocycles. The van der Waals surface area contributed by atoms with Crippen LogP contribution < -0.4 is 9.64 Å². The first-order chi connectivity index (χ1) is 9.70. The van der Waals surface area contributed by atoms with Gasteiger partial charge in [0.1, 0.15) is 12.0 Å². The van der Waals surface area contributed by atoms with Crippen LogP contribution in [0.5, 0.6) is 5.75 Å². The van der Waals surface area contributed by atoms with Crippen molar-refractivity contribution in [2.75, 3.05) is 19.1 Å². The molecule has 1 aromatic heterocycles. The first kappa shape index (κ1) is 14.3. The molecule has 1 aromatic carbocycles. The highest BCUT2D eigenvalue weighted by Gasteiger charge is 2.13. The molecule has 1 amide bonds. The van der Waals surface area contributed by atoms with Gasteiger partial charge in [0, 0.05) is 13.1 Å². The molecule has 106 valence electrons. The second-order valence-electron chi connectivity index (χ2n) is 4.00. The Bertz CT molecular complexity index is 539. The van der Waals surface area contributed by atoms with Crippen LogP contribution in [0.4, 0.5) is 10.5 Å². The van der Waals surface area contributed by atoms with Crippen LogP contribution in [-0.4, -0.2) is 20.3 Å². The van der Waals surface area contributed by atoms with Crippen LogP contribution in [0, 0.1) is 0 Å². The zero-order valence-corrected chi connectivity index (χ0v) is 12.1. The van der Waals surface area contributed by atoms with Crippen LogP contribution in [0.2, 0.25) is 0 Å². The predicted molar refractivity (Wildman–Crippen MR) is 77.9 cm³/mol. The number of nitrogens with zero attached hydrogens (tertiary/aromatic N) is 1. The smallest absolute Gasteiger partial charge is 0.426 e. The van der Waals surface area contributed by atoms with Gasteiger partial charge in [0.05, 0.1) is 36.9 Å². The summed E-state index contributed by atoms with van der Waals surface area (Å²) < 4.78 is 15.1. The van der Waals surface area contributed by atoms with Gasteiger partial charge >= 0.3 is 6.09 Å². The highest BCUT2D eigenvalue weighted by Crippen LogP contribution is 2.20. The second-order valence-corrected chi connectivity index (χ2v) is 4.69. The SMILES string of the molecule is COc1ccc(CSOC(=O)N(C)c2ccoc2)cc1. The summed E-state index contributed by atoms with van der Waals surface area (Å²) in [6.07, 6.45) is 2.55. The summed E-state index contributed by atoms with van der Waals surface area (Å²) in [5, 5.41) is 0. The van der Waals surface area contributed by atoms with E-state index in [0.717, 1.165) is 23.4 Å². The molecular weight excluding hydrogens is 278 g/mol. The van der Waals surface area contributed by atoms with E-state index in [1.54, 1.807) is 20.2 Å². The van der Waals surface area contributed by atoms with Crippen molar-refractivity contribution in [1.82, 2.24) is 0 Å². The first-order valence-electron chi connectivity index (χ1n) is 5.93. The molecule has 0 radical (unpaired) electrons. The molecule has 6 heteroatoms. The molecule has 0 spiro atoms. The summed E-state index contributed by atoms with van der Waals surface area (Å²) in [6.45, 7) is 0. The molecule has 20 heavy (non-hydrogen) atoms. The maximum atomic E-state index is 11.8. The van der Waals surface area contributed by atoms with Gasteiger partial charge in [0.2, 0.25) is 0 Å². The van der Waals surface area contributed by atoms with E-state index in [1.807, 2.05) is 24.3 Å². The van der Waals surface area contributed by atoms with Crippen molar-refractivity contribution in [3.05, 3.63) is 48.4 Å². The number of methoxy groups -OCH3 is 1. The molecule has 2 rings (SSSR count). The fourth-order valence-electron chi connectivity index (χ4n) is 1.48. The van der Waals surface area contributed by atoms with Crippen LogP contribution >= 0.6 is 12.0 Å². The van der Waals surface area contributed by atoms with Crippen LogP contribution in [-0.2, 0) is 9.94 Å². The number of anilines is 1. The number of carbonyl (C=O) groups is 1. The van der Waals surface area contributed by atoms with E-state index >= 15 is 0 Å². The molecule has 0 aliphatic rings. The van der Waals surface area contributed by atoms with Crippen molar-refractivity contribution in [2.45, 2.75) is 5.75 Å². The third-order valence-electron chi connectivity index (χ3n) is 2.68. The Balaban J connectivity index is 1.78. The molecule has 0 atom stereocenters. The van der Waals surface area contributed by atoms with Crippen molar-refractivity contribution >= 4 is 23.8 Å². The van der Waals surface area contributed by atoms with Crippen molar-refractivity contribution in [2.24, 2.45) is 0 Å². The number of hydrogen-bond acceptors (Lipinski definition) is 5. The quantitative estimate of drug-likeness (QED) is 0.787. The van der Waals surface area contributed by atoms with Gasteiger partial charge in [-0.15, -0.1) is 0 Å². The van der Waals surface area contributed by atoms with E-state index < -0.39 is 6.09 Å². The van der Waals surface area contributed by atoms with E-state index in [1.165, 1.54) is 17.4 Å². The molecular formula is C14H15NO4S. The number of hydrogen-bond donors (Lipinski definition) is 0. The largest absolute Gasteiger partial charge is 0.497 e. The topological polar surface area (TPSA) is 51.9 Å². The predicted octanol–water partition coefficient (Wildman–Crippen LogP) is 3.71. The molecule has 0 fully saturated rings. The minimum absolute atomic E-state index is 0.440. The second kappa shape index (κ2) is 6.91. The number of benzene rings is 1. The van der Waals surface area contributed by atoms with Gasteiger partial charge in [-0.3, -0.25) is 4.90 Å². The highest BCUT2D eigenvalue weighted by molar-refractivity contribution is 7.94. The molecule has 0 saturated heterocycles. The Morgan fingerprint density at radius 1 is 1.30 bits per heavy atom. The van der Waals surface area contributed by atoms with Gasteiger partial charge in [-0.2, -0.15) is 0 Å². The fraction of sp³-hybridized carbons (Fsp3) is 0.214. The van der Waals surface area contributed by atoms with E-state index in [2.05, 4.69) is 0 Å². The van der Waals surface area contributed by atoms with E-state index in [9.17, 15) is 4.79 Å². The molecule has 0 unspecified atom stereocenters. The lowest BCUT2D eigenvalue weighted by atomic mass is 10.2. The lowest BCUT2D eigenvalue weighted by Gasteiger charge is -2.13. The van der Waals surface area contributed by atoms with Crippen LogP contribution in [0.1, 0.15) is 5.56 Å². The zero-order chi connectivity index (χ0) is 14.4. The zero-order valence-electron chi connectivity index (χ0n) is 11.2. The van der Waals surface area contributed by atoms with E-state index in [-0.39, 0.29) is 0 Å². The minimum atomic E-state index is -0.440. The van der Waals surface area contributed by atoms with Crippen molar-refractivity contribution in [3.63, 3.8) is 0 Å². The molecule has 0 bridgehead atoms. The number of rotatable bonds is 5. The van der Waals surface area contributed by atoms with Gasteiger partial charge in [-0.1, -0.05) is 12.1 Å². The molecule has 0 aliphatic heterocycles. The molecule has 5 nitrogen and oxygen atoms in total. The lowest BCUT2D eigenvalue weighted by Crippen LogP contribution is -2.24. The third-order valence-corrected chi connectivity index (χ3v) is 3.39. The van der Waals surface area contributed by atoms with Gasteiger partial charge < -0.3 is 13.3 Å². The average molecular weight is 293 g/mol. The molecule has 2 aromatic rings. The summed E-state index contributed by atoms with van der Waals surface area (Å²) in [6, 6.07) is 9.29. The third kappa shape index (κ3) is 3.71. The Hall–Kier alpha value is -2.08. The number of ether oxygens (including phenoxy) is 1.